The van der Waals surface area contributed by atoms with Gasteiger partial charge in [-0.2, -0.15) is 0 Å². The molecule has 1 aliphatic heterocycles. The first-order chi connectivity index (χ1) is 8.79. The van der Waals surface area contributed by atoms with Crippen molar-refractivity contribution in [2.45, 2.75) is 12.8 Å². The molecule has 100 valence electrons. The van der Waals surface area contributed by atoms with Crippen LogP contribution < -0.4 is 0 Å². The predicted octanol–water partition coefficient (Wildman–Crippen LogP) is 0.769. The van der Waals surface area contributed by atoms with E-state index in [4.69, 9.17) is 4.74 Å². The van der Waals surface area contributed by atoms with Gasteiger partial charge in [0.25, 0.3) is 0 Å². The van der Waals surface area contributed by atoms with Crippen LogP contribution in [0.1, 0.15) is 5.56 Å². The number of hydrogen-bond donors (Lipinski definition) is 1. The minimum atomic E-state index is -0.464. The van der Waals surface area contributed by atoms with Gasteiger partial charge in [-0.3, -0.25) is 9.80 Å². The summed E-state index contributed by atoms with van der Waals surface area (Å²) >= 11 is 0. The highest BCUT2D eigenvalue weighted by Gasteiger charge is 2.21. The SMILES string of the molecule is COCC(O)N1CCN(Cc2ccccc2)CC1. The highest BCUT2D eigenvalue weighted by molar-refractivity contribution is 5.14. The number of benzene rings is 1. The minimum absolute atomic E-state index is 0.388. The average Bonchev–Trinajstić information content (AvgIpc) is 2.41. The molecule has 1 heterocycles. The molecule has 1 saturated heterocycles. The van der Waals surface area contributed by atoms with Gasteiger partial charge in [-0.25, -0.2) is 0 Å². The molecule has 4 nitrogen and oxygen atoms in total. The Labute approximate surface area is 109 Å². The van der Waals surface area contributed by atoms with E-state index < -0.39 is 6.23 Å². The Kier molecular flexibility index (Phi) is 5.13. The standard InChI is InChI=1S/C14H22N2O2/c1-18-12-14(17)16-9-7-15(8-10-16)11-13-5-3-2-4-6-13/h2-6,14,17H,7-12H2,1H3. The summed E-state index contributed by atoms with van der Waals surface area (Å²) in [5, 5.41) is 9.83. The molecule has 2 rings (SSSR count). The first kappa shape index (κ1) is 13.5. The van der Waals surface area contributed by atoms with Crippen molar-refractivity contribution in [3.8, 4) is 0 Å². The molecule has 0 radical (unpaired) electrons. The minimum Gasteiger partial charge on any atom is -0.381 e. The molecule has 1 aliphatic rings. The molecule has 1 unspecified atom stereocenters. The predicted molar refractivity (Wildman–Crippen MR) is 71.2 cm³/mol. The van der Waals surface area contributed by atoms with Gasteiger partial charge in [0.05, 0.1) is 6.61 Å². The van der Waals surface area contributed by atoms with Crippen LogP contribution in [0, 0.1) is 0 Å². The zero-order valence-electron chi connectivity index (χ0n) is 11.0. The smallest absolute Gasteiger partial charge is 0.131 e. The third kappa shape index (κ3) is 3.78. The number of nitrogens with zero attached hydrogens (tertiary/aromatic N) is 2. The molecule has 1 aromatic rings. The third-order valence-corrected chi connectivity index (χ3v) is 3.39. The molecule has 1 fully saturated rings. The summed E-state index contributed by atoms with van der Waals surface area (Å²) in [5.74, 6) is 0. The monoisotopic (exact) mass is 250 g/mol. The van der Waals surface area contributed by atoms with Crippen LogP contribution in [0.2, 0.25) is 0 Å². The molecular formula is C14H22N2O2. The molecule has 0 bridgehead atoms. The van der Waals surface area contributed by atoms with Gasteiger partial charge in [0, 0.05) is 39.8 Å². The van der Waals surface area contributed by atoms with Crippen LogP contribution in [0.5, 0.6) is 0 Å². The first-order valence-electron chi connectivity index (χ1n) is 6.47. The molecule has 1 N–H and O–H groups in total. The second kappa shape index (κ2) is 6.85. The van der Waals surface area contributed by atoms with Gasteiger partial charge in [0.1, 0.15) is 6.23 Å². The lowest BCUT2D eigenvalue weighted by molar-refractivity contribution is -0.0655. The Balaban J connectivity index is 1.77. The van der Waals surface area contributed by atoms with E-state index in [0.29, 0.717) is 6.61 Å². The van der Waals surface area contributed by atoms with E-state index in [9.17, 15) is 5.11 Å². The van der Waals surface area contributed by atoms with Crippen molar-refractivity contribution in [1.29, 1.82) is 0 Å². The lowest BCUT2D eigenvalue weighted by atomic mass is 10.2. The van der Waals surface area contributed by atoms with Gasteiger partial charge in [-0.15, -0.1) is 0 Å². The number of ether oxygens (including phenoxy) is 1. The maximum atomic E-state index is 9.83. The van der Waals surface area contributed by atoms with Crippen LogP contribution in [-0.4, -0.2) is 61.0 Å². The topological polar surface area (TPSA) is 35.9 Å². The van der Waals surface area contributed by atoms with E-state index >= 15 is 0 Å². The number of hydrogen-bond acceptors (Lipinski definition) is 4. The van der Waals surface area contributed by atoms with Crippen LogP contribution in [0.4, 0.5) is 0 Å². The fourth-order valence-electron chi connectivity index (χ4n) is 2.32. The van der Waals surface area contributed by atoms with Crippen molar-refractivity contribution in [3.63, 3.8) is 0 Å². The summed E-state index contributed by atoms with van der Waals surface area (Å²) in [7, 11) is 1.62. The van der Waals surface area contributed by atoms with Crippen LogP contribution in [-0.2, 0) is 11.3 Å². The Hall–Kier alpha value is -0.940. The summed E-state index contributed by atoms with van der Waals surface area (Å²) in [4.78, 5) is 4.50. The number of rotatable bonds is 5. The molecule has 0 saturated carbocycles. The van der Waals surface area contributed by atoms with E-state index in [1.54, 1.807) is 7.11 Å². The van der Waals surface area contributed by atoms with Crippen molar-refractivity contribution in [2.24, 2.45) is 0 Å². The van der Waals surface area contributed by atoms with E-state index in [1.165, 1.54) is 5.56 Å². The lowest BCUT2D eigenvalue weighted by Gasteiger charge is -2.37. The van der Waals surface area contributed by atoms with E-state index in [2.05, 4.69) is 34.1 Å². The van der Waals surface area contributed by atoms with Crippen LogP contribution in [0.3, 0.4) is 0 Å². The molecule has 0 aliphatic carbocycles. The molecule has 0 aromatic heterocycles. The Bertz CT molecular complexity index is 337. The zero-order chi connectivity index (χ0) is 12.8. The maximum Gasteiger partial charge on any atom is 0.131 e. The molecule has 0 spiro atoms. The normalized spacial score (nSPS) is 19.9. The lowest BCUT2D eigenvalue weighted by Crippen LogP contribution is -2.51. The summed E-state index contributed by atoms with van der Waals surface area (Å²) in [6.07, 6.45) is -0.464. The molecule has 1 aromatic carbocycles. The van der Waals surface area contributed by atoms with Crippen molar-refractivity contribution < 1.29 is 9.84 Å². The molecule has 18 heavy (non-hydrogen) atoms. The van der Waals surface area contributed by atoms with Gasteiger partial charge in [0.15, 0.2) is 0 Å². The van der Waals surface area contributed by atoms with Gasteiger partial charge in [-0.1, -0.05) is 30.3 Å². The number of piperazine rings is 1. The zero-order valence-corrected chi connectivity index (χ0v) is 11.0. The molecule has 1 atom stereocenters. The van der Waals surface area contributed by atoms with Gasteiger partial charge < -0.3 is 9.84 Å². The second-order valence-corrected chi connectivity index (χ2v) is 4.73. The first-order valence-corrected chi connectivity index (χ1v) is 6.47. The Morgan fingerprint density at radius 2 is 1.83 bits per heavy atom. The summed E-state index contributed by atoms with van der Waals surface area (Å²) in [5.41, 5.74) is 1.35. The van der Waals surface area contributed by atoms with E-state index in [1.807, 2.05) is 6.07 Å². The highest BCUT2D eigenvalue weighted by Crippen LogP contribution is 2.09. The Morgan fingerprint density at radius 1 is 1.17 bits per heavy atom. The third-order valence-electron chi connectivity index (χ3n) is 3.39. The van der Waals surface area contributed by atoms with Crippen molar-refractivity contribution in [3.05, 3.63) is 35.9 Å². The van der Waals surface area contributed by atoms with Crippen molar-refractivity contribution >= 4 is 0 Å². The summed E-state index contributed by atoms with van der Waals surface area (Å²) < 4.78 is 4.97. The average molecular weight is 250 g/mol. The maximum absolute atomic E-state index is 9.83. The second-order valence-electron chi connectivity index (χ2n) is 4.73. The van der Waals surface area contributed by atoms with Crippen LogP contribution >= 0.6 is 0 Å². The summed E-state index contributed by atoms with van der Waals surface area (Å²) in [6, 6.07) is 10.5. The summed E-state index contributed by atoms with van der Waals surface area (Å²) in [6.45, 7) is 5.17. The quantitative estimate of drug-likeness (QED) is 0.837. The largest absolute Gasteiger partial charge is 0.381 e. The number of methoxy groups -OCH3 is 1. The number of aliphatic hydroxyl groups excluding tert-OH is 1. The molecule has 0 amide bonds. The van der Waals surface area contributed by atoms with Crippen molar-refractivity contribution in [1.82, 2.24) is 9.80 Å². The van der Waals surface area contributed by atoms with Crippen molar-refractivity contribution in [2.75, 3.05) is 39.9 Å². The van der Waals surface area contributed by atoms with Gasteiger partial charge in [0.2, 0.25) is 0 Å². The van der Waals surface area contributed by atoms with Gasteiger partial charge in [-0.05, 0) is 5.56 Å². The number of aliphatic hydroxyl groups is 1. The Morgan fingerprint density at radius 3 is 2.44 bits per heavy atom. The fraction of sp³-hybridized carbons (Fsp3) is 0.571. The molecular weight excluding hydrogens is 228 g/mol. The van der Waals surface area contributed by atoms with Crippen LogP contribution in [0.25, 0.3) is 0 Å². The van der Waals surface area contributed by atoms with E-state index in [0.717, 1.165) is 32.7 Å². The van der Waals surface area contributed by atoms with E-state index in [-0.39, 0.29) is 0 Å². The van der Waals surface area contributed by atoms with Crippen LogP contribution in [0.15, 0.2) is 30.3 Å². The fourth-order valence-corrected chi connectivity index (χ4v) is 2.32. The van der Waals surface area contributed by atoms with Gasteiger partial charge >= 0.3 is 0 Å². The molecule has 4 heteroatoms. The highest BCUT2D eigenvalue weighted by atomic mass is 16.5.